The number of nitrogens with zero attached hydrogens (tertiary/aromatic N) is 1. The number of nitrogens with one attached hydrogen (secondary N) is 2. The molecule has 4 amide bonds. The van der Waals surface area contributed by atoms with Gasteiger partial charge in [0.15, 0.2) is 5.76 Å². The topological polar surface area (TPSA) is 129 Å². The highest BCUT2D eigenvalue weighted by atomic mass is 19.1. The number of urea groups is 1. The van der Waals surface area contributed by atoms with E-state index in [-0.39, 0.29) is 30.2 Å². The summed E-state index contributed by atoms with van der Waals surface area (Å²) >= 11 is 0. The number of carbonyl (C=O) groups is 3. The number of halogens is 1. The Balaban J connectivity index is 1.26. The van der Waals surface area contributed by atoms with Crippen LogP contribution >= 0.6 is 0 Å². The number of imide groups is 2. The highest BCUT2D eigenvalue weighted by molar-refractivity contribution is 6.21. The lowest BCUT2D eigenvalue weighted by Crippen LogP contribution is -2.69. The zero-order valence-corrected chi connectivity index (χ0v) is 20.6. The van der Waals surface area contributed by atoms with Gasteiger partial charge in [-0.1, -0.05) is 12.1 Å². The number of methoxy groups -OCH3 is 1. The Bertz CT molecular complexity index is 1500. The van der Waals surface area contributed by atoms with Gasteiger partial charge in [0.05, 0.1) is 18.4 Å². The Hall–Kier alpha value is -5.03. The first-order valence-electron chi connectivity index (χ1n) is 11.8. The molecule has 2 N–H and O–H groups in total. The van der Waals surface area contributed by atoms with Crippen LogP contribution in [0.15, 0.2) is 83.4 Å². The fraction of sp³-hybridized carbons (Fsp3) is 0.143. The van der Waals surface area contributed by atoms with Crippen LogP contribution in [0.4, 0.5) is 9.18 Å². The first-order valence-corrected chi connectivity index (χ1v) is 11.8. The molecule has 0 radical (unpaired) electrons. The Morgan fingerprint density at radius 1 is 0.872 bits per heavy atom. The van der Waals surface area contributed by atoms with Crippen molar-refractivity contribution in [3.05, 3.63) is 84.8 Å². The van der Waals surface area contributed by atoms with Crippen molar-refractivity contribution in [3.8, 4) is 40.0 Å². The normalized spacial score (nSPS) is 14.5. The Labute approximate surface area is 221 Å². The van der Waals surface area contributed by atoms with Crippen molar-refractivity contribution in [2.45, 2.75) is 12.0 Å². The van der Waals surface area contributed by atoms with Gasteiger partial charge in [0.1, 0.15) is 23.1 Å². The largest absolute Gasteiger partial charge is 0.467 e. The van der Waals surface area contributed by atoms with Crippen LogP contribution in [-0.4, -0.2) is 42.1 Å². The van der Waals surface area contributed by atoms with E-state index in [0.29, 0.717) is 17.3 Å². The van der Waals surface area contributed by atoms with Crippen LogP contribution in [0.1, 0.15) is 6.42 Å². The fourth-order valence-corrected chi connectivity index (χ4v) is 3.93. The second kappa shape index (κ2) is 10.8. The summed E-state index contributed by atoms with van der Waals surface area (Å²) in [6, 6.07) is 18.6. The minimum atomic E-state index is -1.96. The number of aromatic nitrogens is 1. The number of carbonyl (C=O) groups excluding carboxylic acids is 3. The molecule has 0 atom stereocenters. The molecule has 11 heteroatoms. The molecule has 1 saturated heterocycles. The minimum Gasteiger partial charge on any atom is -0.467 e. The summed E-state index contributed by atoms with van der Waals surface area (Å²) in [6.07, 6.45) is 1.42. The summed E-state index contributed by atoms with van der Waals surface area (Å²) in [5.74, 6) is -0.299. The van der Waals surface area contributed by atoms with Gasteiger partial charge in [-0.05, 0) is 60.7 Å². The lowest BCUT2D eigenvalue weighted by molar-refractivity contribution is -0.153. The molecule has 1 fully saturated rings. The van der Waals surface area contributed by atoms with Gasteiger partial charge in [0.2, 0.25) is 5.89 Å². The third-order valence-electron chi connectivity index (χ3n) is 5.95. The molecule has 4 aromatic rings. The van der Waals surface area contributed by atoms with Gasteiger partial charge in [0, 0.05) is 19.1 Å². The maximum Gasteiger partial charge on any atom is 0.328 e. The van der Waals surface area contributed by atoms with Gasteiger partial charge in [-0.2, -0.15) is 0 Å². The molecule has 1 aromatic heterocycles. The molecular formula is C28H22FN3O7. The second-order valence-electron chi connectivity index (χ2n) is 8.52. The number of oxazole rings is 1. The maximum atomic E-state index is 14.0. The number of rotatable bonds is 9. The summed E-state index contributed by atoms with van der Waals surface area (Å²) in [4.78, 5) is 40.8. The van der Waals surface area contributed by atoms with Crippen molar-refractivity contribution in [2.75, 3.05) is 13.7 Å². The van der Waals surface area contributed by atoms with Crippen molar-refractivity contribution >= 4 is 17.8 Å². The lowest BCUT2D eigenvalue weighted by atomic mass is 9.95. The van der Waals surface area contributed by atoms with Crippen molar-refractivity contribution in [1.82, 2.24) is 15.6 Å². The standard InChI is InChI=1S/C28H22FN3O7/c1-36-15-14-28(25(33)31-27(35)32-26(28)34)39-20-12-10-19(11-13-20)37-18-8-6-17(7-9-18)23-16-30-24(38-23)21-4-2-3-5-22(21)29/h2-13,16H,14-15H2,1H3,(H2,31,32,33,34,35). The number of barbiturate groups is 1. The van der Waals surface area contributed by atoms with Crippen LogP contribution in [0.3, 0.4) is 0 Å². The molecule has 1 aliphatic rings. The Kier molecular flexibility index (Phi) is 7.06. The molecule has 10 nitrogen and oxygen atoms in total. The Morgan fingerprint density at radius 3 is 2.13 bits per heavy atom. The van der Waals surface area contributed by atoms with Gasteiger partial charge in [0.25, 0.3) is 17.4 Å². The first-order chi connectivity index (χ1) is 18.9. The molecule has 2 heterocycles. The SMILES string of the molecule is COCCC1(Oc2ccc(Oc3ccc(-c4cnc(-c5ccccc5F)o4)cc3)cc2)C(=O)NC(=O)NC1=O. The van der Waals surface area contributed by atoms with Gasteiger partial charge in [-0.3, -0.25) is 20.2 Å². The Morgan fingerprint density at radius 2 is 1.49 bits per heavy atom. The quantitative estimate of drug-likeness (QED) is 0.303. The van der Waals surface area contributed by atoms with E-state index in [0.717, 1.165) is 5.56 Å². The molecule has 0 spiro atoms. The van der Waals surface area contributed by atoms with Crippen molar-refractivity contribution in [3.63, 3.8) is 0 Å². The monoisotopic (exact) mass is 531 g/mol. The van der Waals surface area contributed by atoms with Gasteiger partial charge in [-0.15, -0.1) is 0 Å². The van der Waals surface area contributed by atoms with E-state index >= 15 is 0 Å². The predicted octanol–water partition coefficient (Wildman–Crippen LogP) is 4.46. The highest BCUT2D eigenvalue weighted by Gasteiger charge is 2.52. The fourth-order valence-electron chi connectivity index (χ4n) is 3.93. The summed E-state index contributed by atoms with van der Waals surface area (Å²) in [7, 11) is 1.42. The van der Waals surface area contributed by atoms with Crippen LogP contribution in [0.25, 0.3) is 22.8 Å². The molecule has 3 aromatic carbocycles. The summed E-state index contributed by atoms with van der Waals surface area (Å²) in [5, 5.41) is 4.12. The molecule has 0 bridgehead atoms. The number of benzene rings is 3. The molecule has 198 valence electrons. The van der Waals surface area contributed by atoms with E-state index < -0.39 is 29.3 Å². The molecular weight excluding hydrogens is 509 g/mol. The molecule has 0 saturated carbocycles. The van der Waals surface area contributed by atoms with E-state index in [9.17, 15) is 18.8 Å². The molecule has 0 unspecified atom stereocenters. The third kappa shape index (κ3) is 5.34. The van der Waals surface area contributed by atoms with Crippen LogP contribution in [0.2, 0.25) is 0 Å². The molecule has 1 aliphatic heterocycles. The highest BCUT2D eigenvalue weighted by Crippen LogP contribution is 2.31. The third-order valence-corrected chi connectivity index (χ3v) is 5.95. The summed E-state index contributed by atoms with van der Waals surface area (Å²) in [5.41, 5.74) is -0.960. The van der Waals surface area contributed by atoms with Crippen molar-refractivity contribution in [1.29, 1.82) is 0 Å². The van der Waals surface area contributed by atoms with E-state index in [2.05, 4.69) is 15.6 Å². The number of hydrogen-bond acceptors (Lipinski definition) is 8. The van der Waals surface area contributed by atoms with Crippen molar-refractivity contribution in [2.24, 2.45) is 0 Å². The maximum absolute atomic E-state index is 14.0. The second-order valence-corrected chi connectivity index (χ2v) is 8.52. The van der Waals surface area contributed by atoms with Gasteiger partial charge < -0.3 is 18.6 Å². The van der Waals surface area contributed by atoms with Crippen LogP contribution in [-0.2, 0) is 14.3 Å². The van der Waals surface area contributed by atoms with Gasteiger partial charge >= 0.3 is 6.03 Å². The number of amides is 4. The summed E-state index contributed by atoms with van der Waals surface area (Å²) < 4.78 is 36.4. The predicted molar refractivity (Wildman–Crippen MR) is 135 cm³/mol. The lowest BCUT2D eigenvalue weighted by Gasteiger charge is -2.34. The van der Waals surface area contributed by atoms with E-state index in [4.69, 9.17) is 18.6 Å². The van der Waals surface area contributed by atoms with Crippen LogP contribution < -0.4 is 20.1 Å². The number of hydrogen-bond donors (Lipinski definition) is 2. The number of ether oxygens (including phenoxy) is 3. The van der Waals surface area contributed by atoms with Crippen LogP contribution in [0.5, 0.6) is 17.2 Å². The minimum absolute atomic E-state index is 0.0464. The average molecular weight is 531 g/mol. The molecule has 5 rings (SSSR count). The molecule has 0 aliphatic carbocycles. The zero-order chi connectivity index (χ0) is 27.4. The van der Waals surface area contributed by atoms with Crippen molar-refractivity contribution < 1.29 is 37.4 Å². The van der Waals surface area contributed by atoms with E-state index in [1.54, 1.807) is 54.6 Å². The van der Waals surface area contributed by atoms with Gasteiger partial charge in [-0.25, -0.2) is 14.2 Å². The van der Waals surface area contributed by atoms with E-state index in [1.165, 1.54) is 31.5 Å². The average Bonchev–Trinajstić information content (AvgIpc) is 3.42. The smallest absolute Gasteiger partial charge is 0.328 e. The first kappa shape index (κ1) is 25.6. The van der Waals surface area contributed by atoms with E-state index in [1.807, 2.05) is 0 Å². The molecule has 39 heavy (non-hydrogen) atoms. The summed E-state index contributed by atoms with van der Waals surface area (Å²) in [6.45, 7) is 0.0464. The van der Waals surface area contributed by atoms with Crippen LogP contribution in [0, 0.1) is 5.82 Å². The zero-order valence-electron chi connectivity index (χ0n) is 20.6.